The van der Waals surface area contributed by atoms with Crippen LogP contribution in [0.2, 0.25) is 0 Å². The fourth-order valence-electron chi connectivity index (χ4n) is 3.25. The van der Waals surface area contributed by atoms with Crippen LogP contribution in [0.15, 0.2) is 30.3 Å². The van der Waals surface area contributed by atoms with E-state index in [1.165, 1.54) is 5.56 Å². The molecular formula is C18H27ClN2O3. The molecule has 0 spiro atoms. The summed E-state index contributed by atoms with van der Waals surface area (Å²) in [7, 11) is 0. The predicted molar refractivity (Wildman–Crippen MR) is 95.4 cm³/mol. The van der Waals surface area contributed by atoms with E-state index >= 15 is 0 Å². The number of carbonyl (C=O) groups is 1. The zero-order valence-corrected chi connectivity index (χ0v) is 15.4. The van der Waals surface area contributed by atoms with Crippen molar-refractivity contribution in [3.8, 4) is 0 Å². The van der Waals surface area contributed by atoms with Crippen molar-refractivity contribution in [2.45, 2.75) is 45.1 Å². The van der Waals surface area contributed by atoms with Gasteiger partial charge in [-0.05, 0) is 26.3 Å². The summed E-state index contributed by atoms with van der Waals surface area (Å²) in [6, 6.07) is 10.7. The number of carbonyl (C=O) groups excluding carboxylic acids is 1. The lowest BCUT2D eigenvalue weighted by molar-refractivity contribution is -0.0505. The molecule has 24 heavy (non-hydrogen) atoms. The van der Waals surface area contributed by atoms with Gasteiger partial charge in [-0.1, -0.05) is 30.3 Å². The molecule has 3 rings (SSSR count). The summed E-state index contributed by atoms with van der Waals surface area (Å²) in [5.41, 5.74) is 0.832. The van der Waals surface area contributed by atoms with E-state index in [1.54, 1.807) is 4.90 Å². The van der Waals surface area contributed by atoms with Crippen LogP contribution < -0.4 is 0 Å². The van der Waals surface area contributed by atoms with E-state index in [-0.39, 0.29) is 30.6 Å². The Hall–Kier alpha value is -1.30. The van der Waals surface area contributed by atoms with Crippen LogP contribution in [-0.4, -0.2) is 59.9 Å². The Morgan fingerprint density at radius 2 is 1.96 bits per heavy atom. The number of hydrogen-bond acceptors (Lipinski definition) is 4. The third-order valence-electron chi connectivity index (χ3n) is 4.30. The van der Waals surface area contributed by atoms with E-state index in [0.29, 0.717) is 13.1 Å². The van der Waals surface area contributed by atoms with Gasteiger partial charge in [0.25, 0.3) is 0 Å². The quantitative estimate of drug-likeness (QED) is 0.819. The Morgan fingerprint density at radius 1 is 1.25 bits per heavy atom. The van der Waals surface area contributed by atoms with Crippen molar-refractivity contribution in [1.29, 1.82) is 0 Å². The SMILES string of the molecule is CC(C)(C)OC(=O)N1C[C@H]2OCCN(Cc3ccccc3)[C@H]2C1.Cl. The minimum atomic E-state index is -0.463. The Balaban J connectivity index is 0.00000208. The lowest BCUT2D eigenvalue weighted by Crippen LogP contribution is -2.50. The molecule has 0 aromatic heterocycles. The van der Waals surface area contributed by atoms with Gasteiger partial charge in [0.05, 0.1) is 25.3 Å². The van der Waals surface area contributed by atoms with Crippen molar-refractivity contribution in [2.75, 3.05) is 26.2 Å². The maximum absolute atomic E-state index is 12.3. The number of nitrogens with zero attached hydrogens (tertiary/aromatic N) is 2. The van der Waals surface area contributed by atoms with E-state index < -0.39 is 5.60 Å². The molecule has 2 aliphatic heterocycles. The smallest absolute Gasteiger partial charge is 0.410 e. The average Bonchev–Trinajstić information content (AvgIpc) is 2.92. The number of rotatable bonds is 2. The highest BCUT2D eigenvalue weighted by molar-refractivity contribution is 5.85. The van der Waals surface area contributed by atoms with E-state index in [2.05, 4.69) is 29.2 Å². The molecule has 0 bridgehead atoms. The Bertz CT molecular complexity index is 547. The molecule has 0 saturated carbocycles. The number of morpholine rings is 1. The number of fused-ring (bicyclic) bond motifs is 1. The molecule has 2 saturated heterocycles. The second-order valence-electron chi connectivity index (χ2n) is 7.32. The fourth-order valence-corrected chi connectivity index (χ4v) is 3.25. The second kappa shape index (κ2) is 7.72. The van der Waals surface area contributed by atoms with Gasteiger partial charge in [-0.2, -0.15) is 0 Å². The number of likely N-dealkylation sites (tertiary alicyclic amines) is 1. The first-order valence-electron chi connectivity index (χ1n) is 8.30. The standard InChI is InChI=1S/C18H26N2O3.ClH/c1-18(2,3)23-17(21)20-12-15-16(13-20)22-10-9-19(15)11-14-7-5-4-6-8-14;/h4-8,15-16H,9-13H2,1-3H3;1H/t15-,16+;/m0./s1. The van der Waals surface area contributed by atoms with Crippen LogP contribution in [-0.2, 0) is 16.0 Å². The minimum absolute atomic E-state index is 0. The first-order valence-corrected chi connectivity index (χ1v) is 8.30. The summed E-state index contributed by atoms with van der Waals surface area (Å²) in [6.45, 7) is 9.49. The number of halogens is 1. The maximum Gasteiger partial charge on any atom is 0.410 e. The van der Waals surface area contributed by atoms with Gasteiger partial charge in [0.15, 0.2) is 0 Å². The lowest BCUT2D eigenvalue weighted by Gasteiger charge is -2.36. The van der Waals surface area contributed by atoms with Gasteiger partial charge < -0.3 is 14.4 Å². The van der Waals surface area contributed by atoms with Gasteiger partial charge in [0.2, 0.25) is 0 Å². The lowest BCUT2D eigenvalue weighted by atomic mass is 10.1. The molecule has 2 atom stereocenters. The first-order chi connectivity index (χ1) is 10.9. The zero-order chi connectivity index (χ0) is 16.4. The highest BCUT2D eigenvalue weighted by Crippen LogP contribution is 2.25. The Morgan fingerprint density at radius 3 is 2.62 bits per heavy atom. The fraction of sp³-hybridized carbons (Fsp3) is 0.611. The molecule has 6 heteroatoms. The topological polar surface area (TPSA) is 42.0 Å². The number of hydrogen-bond donors (Lipinski definition) is 0. The van der Waals surface area contributed by atoms with E-state index in [1.807, 2.05) is 26.8 Å². The molecule has 5 nitrogen and oxygen atoms in total. The molecule has 2 aliphatic rings. The highest BCUT2D eigenvalue weighted by atomic mass is 35.5. The largest absolute Gasteiger partial charge is 0.444 e. The van der Waals surface area contributed by atoms with Crippen molar-refractivity contribution in [3.63, 3.8) is 0 Å². The summed E-state index contributed by atoms with van der Waals surface area (Å²) in [6.07, 6.45) is -0.157. The minimum Gasteiger partial charge on any atom is -0.444 e. The van der Waals surface area contributed by atoms with E-state index in [4.69, 9.17) is 9.47 Å². The highest BCUT2D eigenvalue weighted by Gasteiger charge is 2.42. The predicted octanol–water partition coefficient (Wildman–Crippen LogP) is 2.93. The van der Waals surface area contributed by atoms with Crippen molar-refractivity contribution in [2.24, 2.45) is 0 Å². The Kier molecular flexibility index (Phi) is 6.12. The number of ether oxygens (including phenoxy) is 2. The summed E-state index contributed by atoms with van der Waals surface area (Å²) in [5, 5.41) is 0. The summed E-state index contributed by atoms with van der Waals surface area (Å²) in [5.74, 6) is 0. The van der Waals surface area contributed by atoms with Crippen LogP contribution in [0, 0.1) is 0 Å². The molecule has 0 radical (unpaired) electrons. The normalized spacial score (nSPS) is 24.2. The summed E-state index contributed by atoms with van der Waals surface area (Å²) in [4.78, 5) is 16.5. The molecule has 1 aromatic carbocycles. The molecule has 1 aromatic rings. The zero-order valence-electron chi connectivity index (χ0n) is 14.6. The maximum atomic E-state index is 12.3. The molecule has 0 N–H and O–H groups in total. The summed E-state index contributed by atoms with van der Waals surface area (Å²) < 4.78 is 11.4. The molecular weight excluding hydrogens is 328 g/mol. The van der Waals surface area contributed by atoms with Crippen molar-refractivity contribution >= 4 is 18.5 Å². The van der Waals surface area contributed by atoms with Gasteiger partial charge in [-0.3, -0.25) is 4.90 Å². The van der Waals surface area contributed by atoms with Gasteiger partial charge in [-0.25, -0.2) is 4.79 Å². The van der Waals surface area contributed by atoms with Gasteiger partial charge in [-0.15, -0.1) is 12.4 Å². The molecule has 2 heterocycles. The third kappa shape index (κ3) is 4.62. The third-order valence-corrected chi connectivity index (χ3v) is 4.30. The van der Waals surface area contributed by atoms with Gasteiger partial charge in [0, 0.05) is 19.6 Å². The van der Waals surface area contributed by atoms with Crippen LogP contribution in [0.3, 0.4) is 0 Å². The molecule has 1 amide bonds. The Labute approximate surface area is 150 Å². The van der Waals surface area contributed by atoms with Crippen molar-refractivity contribution < 1.29 is 14.3 Å². The van der Waals surface area contributed by atoms with Crippen molar-refractivity contribution in [3.05, 3.63) is 35.9 Å². The summed E-state index contributed by atoms with van der Waals surface area (Å²) >= 11 is 0. The molecule has 2 fully saturated rings. The second-order valence-corrected chi connectivity index (χ2v) is 7.32. The van der Waals surface area contributed by atoms with Crippen LogP contribution in [0.1, 0.15) is 26.3 Å². The molecule has 0 unspecified atom stereocenters. The first kappa shape index (κ1) is 19.0. The van der Waals surface area contributed by atoms with Crippen LogP contribution in [0.5, 0.6) is 0 Å². The average molecular weight is 355 g/mol. The van der Waals surface area contributed by atoms with Gasteiger partial charge >= 0.3 is 6.09 Å². The van der Waals surface area contributed by atoms with Crippen molar-refractivity contribution in [1.82, 2.24) is 9.80 Å². The van der Waals surface area contributed by atoms with Crippen LogP contribution >= 0.6 is 12.4 Å². The number of amides is 1. The molecule has 0 aliphatic carbocycles. The van der Waals surface area contributed by atoms with E-state index in [9.17, 15) is 4.79 Å². The van der Waals surface area contributed by atoms with Crippen LogP contribution in [0.4, 0.5) is 4.79 Å². The number of benzene rings is 1. The molecule has 134 valence electrons. The van der Waals surface area contributed by atoms with E-state index in [0.717, 1.165) is 19.7 Å². The monoisotopic (exact) mass is 354 g/mol. The van der Waals surface area contributed by atoms with Gasteiger partial charge in [0.1, 0.15) is 5.60 Å². The van der Waals surface area contributed by atoms with Crippen LogP contribution in [0.25, 0.3) is 0 Å².